The van der Waals surface area contributed by atoms with E-state index in [4.69, 9.17) is 0 Å². The van der Waals surface area contributed by atoms with Gasteiger partial charge >= 0.3 is 0 Å². The van der Waals surface area contributed by atoms with Crippen molar-refractivity contribution in [1.82, 2.24) is 4.57 Å². The Morgan fingerprint density at radius 1 is 0.791 bits per heavy atom. The Labute approximate surface area is 250 Å². The first kappa shape index (κ1) is 23.7. The van der Waals surface area contributed by atoms with Gasteiger partial charge in [-0.15, -0.1) is 0 Å². The molecule has 2 nitrogen and oxygen atoms in total. The molecule has 0 atom stereocenters. The van der Waals surface area contributed by atoms with E-state index in [1.807, 2.05) is 12.1 Å². The van der Waals surface area contributed by atoms with Gasteiger partial charge in [-0.1, -0.05) is 98.8 Å². The highest BCUT2D eigenvalue weighted by Gasteiger charge is 2.48. The van der Waals surface area contributed by atoms with Crippen LogP contribution in [0.15, 0.2) is 120 Å². The Bertz CT molecular complexity index is 2300. The Morgan fingerprint density at radius 2 is 1.56 bits per heavy atom. The van der Waals surface area contributed by atoms with Gasteiger partial charge in [-0.2, -0.15) is 0 Å². The molecule has 0 saturated heterocycles. The van der Waals surface area contributed by atoms with Crippen LogP contribution >= 0.6 is 0 Å². The summed E-state index contributed by atoms with van der Waals surface area (Å²) in [6.45, 7) is 4.84. The topological polar surface area (TPSA) is 8.17 Å². The molecule has 3 aliphatic heterocycles. The molecule has 0 amide bonds. The summed E-state index contributed by atoms with van der Waals surface area (Å²) in [7, 11) is 0. The SMILES string of the molecule is CC1(C)C2=C(CCC=C2)N2c3cc(-c4ccccc4F)cc4c3B(c3cccc1c32)c1cccc2c3ccccc3n-4c12. The molecule has 4 aliphatic rings. The van der Waals surface area contributed by atoms with Crippen LogP contribution in [0.5, 0.6) is 0 Å². The highest BCUT2D eigenvalue weighted by atomic mass is 19.1. The molecule has 1 aliphatic carbocycles. The van der Waals surface area contributed by atoms with Crippen molar-refractivity contribution in [3.05, 3.63) is 132 Å². The zero-order valence-electron chi connectivity index (χ0n) is 24.2. The van der Waals surface area contributed by atoms with Crippen LogP contribution in [0.1, 0.15) is 32.3 Å². The quantitative estimate of drug-likeness (QED) is 0.188. The van der Waals surface area contributed by atoms with E-state index in [9.17, 15) is 0 Å². The molecule has 0 fully saturated rings. The van der Waals surface area contributed by atoms with E-state index in [2.05, 4.69) is 108 Å². The molecule has 4 heterocycles. The standard InChI is InChI=1S/C39H28BFN2/c1-39(2)27-14-5-8-20-33(27)43-35-22-23(24-11-3-6-18-31(24)41)21-34-36(35)40(30-17-10-15-28(39)38(30)43)29-16-9-13-26-25-12-4-7-19-32(25)42(34)37(26)29/h3-7,9-19,21-22H,8,20H2,1-2H3. The lowest BCUT2D eigenvalue weighted by molar-refractivity contribution is 0.604. The van der Waals surface area contributed by atoms with Crippen LogP contribution in [0.25, 0.3) is 38.6 Å². The highest BCUT2D eigenvalue weighted by molar-refractivity contribution is 7.00. The molecule has 43 heavy (non-hydrogen) atoms. The van der Waals surface area contributed by atoms with Crippen molar-refractivity contribution in [3.63, 3.8) is 0 Å². The summed E-state index contributed by atoms with van der Waals surface area (Å²) in [6.07, 6.45) is 6.69. The minimum absolute atomic E-state index is 0.0865. The van der Waals surface area contributed by atoms with Gasteiger partial charge in [0.25, 0.3) is 6.71 Å². The highest BCUT2D eigenvalue weighted by Crippen LogP contribution is 2.52. The van der Waals surface area contributed by atoms with Crippen molar-refractivity contribution in [3.8, 4) is 16.8 Å². The molecule has 0 bridgehead atoms. The van der Waals surface area contributed by atoms with Crippen LogP contribution in [0, 0.1) is 5.82 Å². The third kappa shape index (κ3) is 2.80. The first-order valence-electron chi connectivity index (χ1n) is 15.3. The number of anilines is 2. The van der Waals surface area contributed by atoms with Crippen molar-refractivity contribution >= 4 is 56.3 Å². The van der Waals surface area contributed by atoms with Gasteiger partial charge in [0.15, 0.2) is 0 Å². The predicted molar refractivity (Wildman–Crippen MR) is 178 cm³/mol. The fraction of sp³-hybridized carbons (Fsp3) is 0.128. The predicted octanol–water partition coefficient (Wildman–Crippen LogP) is 7.77. The smallest absolute Gasteiger partial charge is 0.252 e. The maximum absolute atomic E-state index is 15.5. The monoisotopic (exact) mass is 554 g/mol. The summed E-state index contributed by atoms with van der Waals surface area (Å²) in [4.78, 5) is 2.56. The van der Waals surface area contributed by atoms with Gasteiger partial charge in [0, 0.05) is 50.0 Å². The molecule has 0 N–H and O–H groups in total. The van der Waals surface area contributed by atoms with Gasteiger partial charge in [-0.25, -0.2) is 4.39 Å². The Kier molecular flexibility index (Phi) is 4.39. The van der Waals surface area contributed by atoms with Crippen LogP contribution in [0.3, 0.4) is 0 Å². The number of aromatic nitrogens is 1. The zero-order valence-corrected chi connectivity index (χ0v) is 24.2. The number of nitrogens with zero attached hydrogens (tertiary/aromatic N) is 2. The first-order valence-corrected chi connectivity index (χ1v) is 15.3. The summed E-state index contributed by atoms with van der Waals surface area (Å²) in [5.41, 5.74) is 15.7. The minimum atomic E-state index is -0.192. The van der Waals surface area contributed by atoms with E-state index in [0.717, 1.165) is 24.1 Å². The van der Waals surface area contributed by atoms with Gasteiger partial charge in [-0.3, -0.25) is 0 Å². The number of halogens is 1. The van der Waals surface area contributed by atoms with E-state index < -0.39 is 0 Å². The summed E-state index contributed by atoms with van der Waals surface area (Å²) in [5, 5.41) is 2.52. The average molecular weight is 554 g/mol. The average Bonchev–Trinajstić information content (AvgIpc) is 3.38. The first-order chi connectivity index (χ1) is 21.0. The fourth-order valence-electron chi connectivity index (χ4n) is 8.69. The van der Waals surface area contributed by atoms with E-state index in [1.54, 1.807) is 12.1 Å². The summed E-state index contributed by atoms with van der Waals surface area (Å²) < 4.78 is 18.0. The van der Waals surface area contributed by atoms with Crippen LogP contribution in [0.2, 0.25) is 0 Å². The molecule has 0 unspecified atom stereocenters. The molecule has 1 aromatic heterocycles. The lowest BCUT2D eigenvalue weighted by atomic mass is 9.33. The molecule has 0 saturated carbocycles. The molecule has 4 heteroatoms. The molecule has 204 valence electrons. The molecule has 0 spiro atoms. The normalized spacial score (nSPS) is 16.9. The van der Waals surface area contributed by atoms with Crippen molar-refractivity contribution in [2.24, 2.45) is 0 Å². The number of rotatable bonds is 1. The summed E-state index contributed by atoms with van der Waals surface area (Å²) in [6, 6.07) is 34.2. The second-order valence-corrected chi connectivity index (χ2v) is 12.9. The molecule has 6 aromatic rings. The van der Waals surface area contributed by atoms with Crippen molar-refractivity contribution in [2.45, 2.75) is 32.1 Å². The van der Waals surface area contributed by atoms with E-state index in [0.29, 0.717) is 5.56 Å². The Morgan fingerprint density at radius 3 is 2.47 bits per heavy atom. The van der Waals surface area contributed by atoms with E-state index in [-0.39, 0.29) is 17.9 Å². The largest absolute Gasteiger partial charge is 0.315 e. The van der Waals surface area contributed by atoms with Crippen LogP contribution in [-0.2, 0) is 5.41 Å². The minimum Gasteiger partial charge on any atom is -0.315 e. The zero-order chi connectivity index (χ0) is 28.6. The second kappa shape index (κ2) is 7.96. The van der Waals surface area contributed by atoms with Crippen molar-refractivity contribution < 1.29 is 4.39 Å². The van der Waals surface area contributed by atoms with Gasteiger partial charge in [0.1, 0.15) is 5.82 Å². The number of hydrogen-bond acceptors (Lipinski definition) is 1. The van der Waals surface area contributed by atoms with Crippen LogP contribution < -0.4 is 21.3 Å². The van der Waals surface area contributed by atoms with Crippen molar-refractivity contribution in [2.75, 3.05) is 4.90 Å². The lowest BCUT2D eigenvalue weighted by Gasteiger charge is -2.49. The van der Waals surface area contributed by atoms with Gasteiger partial charge in [0.2, 0.25) is 0 Å². The fourth-order valence-corrected chi connectivity index (χ4v) is 8.69. The molecule has 10 rings (SSSR count). The number of para-hydroxylation sites is 3. The van der Waals surface area contributed by atoms with E-state index in [1.165, 1.54) is 66.4 Å². The third-order valence-corrected chi connectivity index (χ3v) is 10.5. The Hall–Kier alpha value is -4.83. The Balaban J connectivity index is 1.43. The summed E-state index contributed by atoms with van der Waals surface area (Å²) in [5.74, 6) is -0.192. The van der Waals surface area contributed by atoms with Gasteiger partial charge in [0.05, 0.1) is 5.52 Å². The van der Waals surface area contributed by atoms with Crippen LogP contribution in [-0.4, -0.2) is 11.3 Å². The van der Waals surface area contributed by atoms with E-state index >= 15 is 4.39 Å². The molecular weight excluding hydrogens is 526 g/mol. The van der Waals surface area contributed by atoms with Crippen LogP contribution in [0.4, 0.5) is 15.8 Å². The molecule has 5 aromatic carbocycles. The van der Waals surface area contributed by atoms with Crippen molar-refractivity contribution in [1.29, 1.82) is 0 Å². The number of benzene rings is 5. The number of hydrogen-bond donors (Lipinski definition) is 0. The van der Waals surface area contributed by atoms with Gasteiger partial charge in [-0.05, 0) is 70.2 Å². The number of fused-ring (bicyclic) bond motifs is 8. The lowest BCUT2D eigenvalue weighted by Crippen LogP contribution is -2.62. The van der Waals surface area contributed by atoms with Gasteiger partial charge < -0.3 is 9.47 Å². The maximum atomic E-state index is 15.5. The third-order valence-electron chi connectivity index (χ3n) is 10.5. The number of allylic oxidation sites excluding steroid dienone is 4. The maximum Gasteiger partial charge on any atom is 0.252 e. The molecule has 0 radical (unpaired) electrons. The summed E-state index contributed by atoms with van der Waals surface area (Å²) >= 11 is 0. The second-order valence-electron chi connectivity index (χ2n) is 12.9. The molecular formula is C39H28BFN2.